The van der Waals surface area contributed by atoms with Crippen molar-refractivity contribution in [1.29, 1.82) is 0 Å². The molecule has 0 saturated heterocycles. The van der Waals surface area contributed by atoms with Crippen molar-refractivity contribution in [3.8, 4) is 0 Å². The smallest absolute Gasteiger partial charge is 0.107 e. The molecule has 0 spiro atoms. The van der Waals surface area contributed by atoms with Crippen molar-refractivity contribution in [1.82, 2.24) is 14.5 Å². The predicted molar refractivity (Wildman–Crippen MR) is 52.1 cm³/mol. The minimum Gasteiger partial charge on any atom is -0.331 e. The first-order valence-corrected chi connectivity index (χ1v) is 4.46. The van der Waals surface area contributed by atoms with Gasteiger partial charge in [-0.3, -0.25) is 4.98 Å². The first kappa shape index (κ1) is 8.23. The molecule has 3 heteroatoms. The van der Waals surface area contributed by atoms with E-state index in [9.17, 15) is 0 Å². The molecule has 0 amide bonds. The van der Waals surface area contributed by atoms with Gasteiger partial charge in [-0.05, 0) is 12.5 Å². The van der Waals surface area contributed by atoms with Crippen LogP contribution in [0.15, 0.2) is 24.8 Å². The van der Waals surface area contributed by atoms with E-state index in [0.29, 0.717) is 0 Å². The molecule has 0 bridgehead atoms. The Kier molecular flexibility index (Phi) is 2.25. The summed E-state index contributed by atoms with van der Waals surface area (Å²) in [6, 6.07) is 1.99. The molecule has 2 heterocycles. The van der Waals surface area contributed by atoms with E-state index in [2.05, 4.69) is 21.5 Å². The first-order chi connectivity index (χ1) is 6.42. The highest BCUT2D eigenvalue weighted by atomic mass is 15.0. The van der Waals surface area contributed by atoms with Crippen LogP contribution in [-0.2, 0) is 6.54 Å². The largest absolute Gasteiger partial charge is 0.331 e. The van der Waals surface area contributed by atoms with Crippen LogP contribution in [0.4, 0.5) is 0 Å². The lowest BCUT2D eigenvalue weighted by atomic mass is 10.3. The van der Waals surface area contributed by atoms with Crippen molar-refractivity contribution in [2.24, 2.45) is 0 Å². The van der Waals surface area contributed by atoms with E-state index in [-0.39, 0.29) is 0 Å². The third-order valence-corrected chi connectivity index (χ3v) is 2.07. The number of hydrogen-bond donors (Lipinski definition) is 0. The van der Waals surface area contributed by atoms with Gasteiger partial charge in [0.25, 0.3) is 0 Å². The molecule has 2 rings (SSSR count). The topological polar surface area (TPSA) is 30.7 Å². The lowest BCUT2D eigenvalue weighted by Gasteiger charge is -2.00. The molecular weight excluding hydrogens is 162 g/mol. The maximum atomic E-state index is 4.25. The van der Waals surface area contributed by atoms with Gasteiger partial charge in [-0.15, -0.1) is 0 Å². The summed E-state index contributed by atoms with van der Waals surface area (Å²) in [5.41, 5.74) is 2.12. The van der Waals surface area contributed by atoms with Crippen LogP contribution in [0.2, 0.25) is 0 Å². The third kappa shape index (κ3) is 1.54. The summed E-state index contributed by atoms with van der Waals surface area (Å²) in [4.78, 5) is 8.27. The fourth-order valence-corrected chi connectivity index (χ4v) is 1.38. The quantitative estimate of drug-likeness (QED) is 0.713. The molecule has 2 aromatic heterocycles. The van der Waals surface area contributed by atoms with E-state index in [1.165, 1.54) is 0 Å². The average molecular weight is 174 g/mol. The standard InChI is InChI=1S/C10H12N3/c1-2-3-6-13-8-12-9-7-11-5-4-10(9)13/h4-5,7-8H,1-3,6H2. The molecule has 2 aromatic rings. The Bertz CT molecular complexity index is 392. The maximum absolute atomic E-state index is 4.25. The van der Waals surface area contributed by atoms with Crippen LogP contribution < -0.4 is 0 Å². The van der Waals surface area contributed by atoms with Gasteiger partial charge in [0.2, 0.25) is 0 Å². The van der Waals surface area contributed by atoms with E-state index in [0.717, 1.165) is 30.4 Å². The molecule has 0 aliphatic rings. The summed E-state index contributed by atoms with van der Waals surface area (Å²) < 4.78 is 2.14. The zero-order chi connectivity index (χ0) is 9.10. The summed E-state index contributed by atoms with van der Waals surface area (Å²) in [7, 11) is 0. The molecule has 1 radical (unpaired) electrons. The summed E-state index contributed by atoms with van der Waals surface area (Å²) >= 11 is 0. The van der Waals surface area contributed by atoms with E-state index in [4.69, 9.17) is 0 Å². The monoisotopic (exact) mass is 174 g/mol. The number of unbranched alkanes of at least 4 members (excludes halogenated alkanes) is 1. The molecule has 3 nitrogen and oxygen atoms in total. The Morgan fingerprint density at radius 1 is 1.46 bits per heavy atom. The van der Waals surface area contributed by atoms with Gasteiger partial charge in [-0.25, -0.2) is 4.98 Å². The minimum atomic E-state index is 0.963. The van der Waals surface area contributed by atoms with Gasteiger partial charge in [0.05, 0.1) is 18.0 Å². The molecule has 0 aliphatic heterocycles. The van der Waals surface area contributed by atoms with E-state index in [1.54, 1.807) is 12.4 Å². The Hall–Kier alpha value is -1.38. The minimum absolute atomic E-state index is 0.963. The molecule has 0 fully saturated rings. The van der Waals surface area contributed by atoms with Crippen LogP contribution in [0.3, 0.4) is 0 Å². The van der Waals surface area contributed by atoms with Crippen molar-refractivity contribution in [2.45, 2.75) is 19.4 Å². The number of rotatable bonds is 3. The average Bonchev–Trinajstić information content (AvgIpc) is 2.58. The van der Waals surface area contributed by atoms with Gasteiger partial charge >= 0.3 is 0 Å². The summed E-state index contributed by atoms with van der Waals surface area (Å²) in [5.74, 6) is 0. The number of nitrogens with zero attached hydrogens (tertiary/aromatic N) is 3. The molecule has 0 saturated carbocycles. The number of pyridine rings is 1. The molecule has 0 aliphatic carbocycles. The van der Waals surface area contributed by atoms with E-state index >= 15 is 0 Å². The number of hydrogen-bond acceptors (Lipinski definition) is 2. The lowest BCUT2D eigenvalue weighted by molar-refractivity contribution is 0.664. The Balaban J connectivity index is 2.35. The highest BCUT2D eigenvalue weighted by Crippen LogP contribution is 2.10. The highest BCUT2D eigenvalue weighted by molar-refractivity contribution is 5.73. The van der Waals surface area contributed by atoms with E-state index < -0.39 is 0 Å². The summed E-state index contributed by atoms with van der Waals surface area (Å²) in [6.45, 7) is 4.81. The number of aromatic nitrogens is 3. The van der Waals surface area contributed by atoms with Gasteiger partial charge in [0, 0.05) is 12.7 Å². The molecule has 0 atom stereocenters. The second-order valence-corrected chi connectivity index (χ2v) is 3.01. The zero-order valence-electron chi connectivity index (χ0n) is 7.48. The van der Waals surface area contributed by atoms with Gasteiger partial charge < -0.3 is 4.57 Å². The van der Waals surface area contributed by atoms with Gasteiger partial charge in [0.15, 0.2) is 0 Å². The van der Waals surface area contributed by atoms with E-state index in [1.807, 2.05) is 12.4 Å². The number of fused-ring (bicyclic) bond motifs is 1. The SMILES string of the molecule is [CH2]CCCn1cnc2cnccc21. The maximum Gasteiger partial charge on any atom is 0.107 e. The van der Waals surface area contributed by atoms with Crippen LogP contribution in [0.5, 0.6) is 0 Å². The summed E-state index contributed by atoms with van der Waals surface area (Å²) in [6.07, 6.45) is 7.50. The van der Waals surface area contributed by atoms with Gasteiger partial charge in [0.1, 0.15) is 5.52 Å². The van der Waals surface area contributed by atoms with Crippen LogP contribution in [0, 0.1) is 6.92 Å². The zero-order valence-corrected chi connectivity index (χ0v) is 7.48. The second-order valence-electron chi connectivity index (χ2n) is 3.01. The van der Waals surface area contributed by atoms with Crippen LogP contribution in [-0.4, -0.2) is 14.5 Å². The van der Waals surface area contributed by atoms with Crippen LogP contribution >= 0.6 is 0 Å². The molecular formula is C10H12N3. The Morgan fingerprint density at radius 3 is 3.23 bits per heavy atom. The molecule has 67 valence electrons. The van der Waals surface area contributed by atoms with Crippen molar-refractivity contribution in [2.75, 3.05) is 0 Å². The summed E-state index contributed by atoms with van der Waals surface area (Å²) in [5, 5.41) is 0. The van der Waals surface area contributed by atoms with Crippen LogP contribution in [0.1, 0.15) is 12.8 Å². The molecule has 0 unspecified atom stereocenters. The Labute approximate surface area is 77.4 Å². The highest BCUT2D eigenvalue weighted by Gasteiger charge is 1.99. The lowest BCUT2D eigenvalue weighted by Crippen LogP contribution is -1.94. The first-order valence-electron chi connectivity index (χ1n) is 4.46. The van der Waals surface area contributed by atoms with Gasteiger partial charge in [-0.1, -0.05) is 13.3 Å². The Morgan fingerprint density at radius 2 is 2.38 bits per heavy atom. The molecule has 13 heavy (non-hydrogen) atoms. The molecule has 0 aromatic carbocycles. The van der Waals surface area contributed by atoms with Crippen molar-refractivity contribution in [3.05, 3.63) is 31.7 Å². The van der Waals surface area contributed by atoms with Crippen molar-refractivity contribution >= 4 is 11.0 Å². The van der Waals surface area contributed by atoms with Crippen LogP contribution in [0.25, 0.3) is 11.0 Å². The number of imidazole rings is 1. The normalized spacial score (nSPS) is 10.8. The van der Waals surface area contributed by atoms with Crippen molar-refractivity contribution < 1.29 is 0 Å². The molecule has 0 N–H and O–H groups in total. The third-order valence-electron chi connectivity index (χ3n) is 2.07. The van der Waals surface area contributed by atoms with Crippen molar-refractivity contribution in [3.63, 3.8) is 0 Å². The fourth-order valence-electron chi connectivity index (χ4n) is 1.38. The number of aryl methyl sites for hydroxylation is 1. The fraction of sp³-hybridized carbons (Fsp3) is 0.300. The second kappa shape index (κ2) is 3.56. The van der Waals surface area contributed by atoms with Gasteiger partial charge in [-0.2, -0.15) is 0 Å². The predicted octanol–water partition coefficient (Wildman–Crippen LogP) is 2.05.